The maximum absolute atomic E-state index is 13.2. The Bertz CT molecular complexity index is 786. The summed E-state index contributed by atoms with van der Waals surface area (Å²) in [5, 5.41) is 0. The van der Waals surface area contributed by atoms with E-state index in [4.69, 9.17) is 0 Å². The van der Waals surface area contributed by atoms with Gasteiger partial charge in [-0.15, -0.1) is 0 Å². The molecule has 2 aliphatic heterocycles. The summed E-state index contributed by atoms with van der Waals surface area (Å²) < 4.78 is 29.1. The molecule has 3 heterocycles. The maximum atomic E-state index is 13.2. The molecule has 0 bridgehead atoms. The van der Waals surface area contributed by atoms with Gasteiger partial charge in [-0.25, -0.2) is 8.42 Å². The van der Waals surface area contributed by atoms with E-state index in [9.17, 15) is 13.2 Å². The fourth-order valence-corrected chi connectivity index (χ4v) is 5.90. The highest BCUT2D eigenvalue weighted by atomic mass is 32.2. The number of likely N-dealkylation sites (tertiary alicyclic amines) is 1. The average molecular weight is 396 g/mol. The molecule has 27 heavy (non-hydrogen) atoms. The van der Waals surface area contributed by atoms with E-state index in [1.807, 2.05) is 4.90 Å². The van der Waals surface area contributed by atoms with Gasteiger partial charge in [0.05, 0.1) is 0 Å². The summed E-state index contributed by atoms with van der Waals surface area (Å²) in [6.45, 7) is 8.47. The van der Waals surface area contributed by atoms with Crippen LogP contribution in [-0.4, -0.2) is 53.8 Å². The Balaban J connectivity index is 1.82. The molecule has 0 aliphatic carbocycles. The second-order valence-electron chi connectivity index (χ2n) is 9.20. The number of piperidine rings is 1. The molecule has 1 aromatic heterocycles. The molecule has 152 valence electrons. The van der Waals surface area contributed by atoms with Crippen LogP contribution in [0.25, 0.3) is 0 Å². The van der Waals surface area contributed by atoms with Gasteiger partial charge in [0, 0.05) is 38.9 Å². The molecular formula is C20H33N3O3S. The normalized spacial score (nSPS) is 22.4. The smallest absolute Gasteiger partial charge is 0.270 e. The van der Waals surface area contributed by atoms with Crippen LogP contribution >= 0.6 is 0 Å². The fourth-order valence-electron chi connectivity index (χ4n) is 4.31. The van der Waals surface area contributed by atoms with Crippen LogP contribution in [-0.2, 0) is 17.1 Å². The minimum Gasteiger partial charge on any atom is -0.345 e. The quantitative estimate of drug-likeness (QED) is 0.786. The lowest BCUT2D eigenvalue weighted by Gasteiger charge is -2.30. The molecule has 6 nitrogen and oxygen atoms in total. The molecule has 3 rings (SSSR count). The van der Waals surface area contributed by atoms with Gasteiger partial charge >= 0.3 is 0 Å². The van der Waals surface area contributed by atoms with E-state index in [1.165, 1.54) is 0 Å². The van der Waals surface area contributed by atoms with Crippen LogP contribution in [0.2, 0.25) is 0 Å². The van der Waals surface area contributed by atoms with Crippen LogP contribution in [0.4, 0.5) is 0 Å². The summed E-state index contributed by atoms with van der Waals surface area (Å²) in [4.78, 5) is 15.4. The molecule has 2 saturated heterocycles. The van der Waals surface area contributed by atoms with Gasteiger partial charge in [0.25, 0.3) is 5.91 Å². The highest BCUT2D eigenvalue weighted by Gasteiger charge is 2.34. The molecule has 0 saturated carbocycles. The number of carbonyl (C=O) groups is 1. The first-order chi connectivity index (χ1) is 12.6. The SMILES string of the molecule is Cn1cc(S(=O)(=O)N2CCCCC2)cc1C(=O)N1CCCC1CC(C)(C)C. The number of sulfonamides is 1. The number of nitrogens with zero attached hydrogens (tertiary/aromatic N) is 3. The second kappa shape index (κ2) is 7.59. The van der Waals surface area contributed by atoms with Crippen molar-refractivity contribution in [3.05, 3.63) is 18.0 Å². The number of hydrogen-bond acceptors (Lipinski definition) is 3. The van der Waals surface area contributed by atoms with Gasteiger partial charge in [-0.05, 0) is 43.6 Å². The van der Waals surface area contributed by atoms with E-state index in [0.29, 0.717) is 18.8 Å². The van der Waals surface area contributed by atoms with Gasteiger partial charge < -0.3 is 9.47 Å². The first kappa shape index (κ1) is 20.4. The summed E-state index contributed by atoms with van der Waals surface area (Å²) in [6, 6.07) is 1.80. The fraction of sp³-hybridized carbons (Fsp3) is 0.750. The van der Waals surface area contributed by atoms with Crippen molar-refractivity contribution >= 4 is 15.9 Å². The lowest BCUT2D eigenvalue weighted by atomic mass is 9.87. The predicted octanol–water partition coefficient (Wildman–Crippen LogP) is 3.24. The average Bonchev–Trinajstić information content (AvgIpc) is 3.20. The molecule has 0 spiro atoms. The van der Waals surface area contributed by atoms with Gasteiger partial charge in [-0.3, -0.25) is 4.79 Å². The Morgan fingerprint density at radius 1 is 1.11 bits per heavy atom. The Hall–Kier alpha value is -1.34. The zero-order valence-electron chi connectivity index (χ0n) is 17.1. The molecule has 1 unspecified atom stereocenters. The monoisotopic (exact) mass is 395 g/mol. The van der Waals surface area contributed by atoms with Gasteiger partial charge in [0.1, 0.15) is 10.6 Å². The third-order valence-corrected chi connectivity index (χ3v) is 7.50. The number of carbonyl (C=O) groups excluding carboxylic acids is 1. The van der Waals surface area contributed by atoms with Crippen molar-refractivity contribution in [2.24, 2.45) is 12.5 Å². The van der Waals surface area contributed by atoms with Crippen molar-refractivity contribution in [3.8, 4) is 0 Å². The van der Waals surface area contributed by atoms with E-state index in [2.05, 4.69) is 20.8 Å². The number of aromatic nitrogens is 1. The van der Waals surface area contributed by atoms with Crippen molar-refractivity contribution in [1.82, 2.24) is 13.8 Å². The van der Waals surface area contributed by atoms with E-state index in [0.717, 1.165) is 45.1 Å². The summed E-state index contributed by atoms with van der Waals surface area (Å²) >= 11 is 0. The van der Waals surface area contributed by atoms with Gasteiger partial charge in [-0.2, -0.15) is 4.31 Å². The van der Waals surface area contributed by atoms with Crippen molar-refractivity contribution in [2.45, 2.75) is 70.2 Å². The van der Waals surface area contributed by atoms with E-state index in [-0.39, 0.29) is 22.3 Å². The van der Waals surface area contributed by atoms with Gasteiger partial charge in [0.15, 0.2) is 0 Å². The van der Waals surface area contributed by atoms with Crippen LogP contribution in [0.5, 0.6) is 0 Å². The lowest BCUT2D eigenvalue weighted by molar-refractivity contribution is 0.0694. The van der Waals surface area contributed by atoms with Crippen molar-refractivity contribution in [3.63, 3.8) is 0 Å². The molecule has 1 aromatic rings. The highest BCUT2D eigenvalue weighted by Crippen LogP contribution is 2.31. The Morgan fingerprint density at radius 2 is 1.78 bits per heavy atom. The number of hydrogen-bond donors (Lipinski definition) is 0. The molecule has 2 fully saturated rings. The number of aryl methyl sites for hydroxylation is 1. The minimum atomic E-state index is -3.52. The summed E-state index contributed by atoms with van der Waals surface area (Å²) in [6.07, 6.45) is 7.46. The van der Waals surface area contributed by atoms with Gasteiger partial charge in [0.2, 0.25) is 10.0 Å². The third-order valence-electron chi connectivity index (χ3n) is 5.64. The van der Waals surface area contributed by atoms with Crippen LogP contribution in [0.1, 0.15) is 69.8 Å². The Labute approximate surface area is 163 Å². The molecule has 1 atom stereocenters. The molecule has 1 amide bonds. The topological polar surface area (TPSA) is 62.6 Å². The Kier molecular flexibility index (Phi) is 5.73. The second-order valence-corrected chi connectivity index (χ2v) is 11.1. The standard InChI is InChI=1S/C20H33N3O3S/c1-20(2,3)14-16-9-8-12-23(16)19(24)18-13-17(15-21(18)4)27(25,26)22-10-6-5-7-11-22/h13,15-16H,5-12,14H2,1-4H3. The van der Waals surface area contributed by atoms with Crippen LogP contribution in [0.3, 0.4) is 0 Å². The largest absolute Gasteiger partial charge is 0.345 e. The molecular weight excluding hydrogens is 362 g/mol. The number of amides is 1. The van der Waals surface area contributed by atoms with Crippen LogP contribution in [0, 0.1) is 5.41 Å². The third kappa shape index (κ3) is 4.40. The van der Waals surface area contributed by atoms with E-state index < -0.39 is 10.0 Å². The van der Waals surface area contributed by atoms with Crippen molar-refractivity contribution < 1.29 is 13.2 Å². The lowest BCUT2D eigenvalue weighted by Crippen LogP contribution is -2.38. The molecule has 0 aromatic carbocycles. The van der Waals surface area contributed by atoms with Crippen LogP contribution in [0.15, 0.2) is 17.2 Å². The minimum absolute atomic E-state index is 0.0515. The maximum Gasteiger partial charge on any atom is 0.270 e. The summed E-state index contributed by atoms with van der Waals surface area (Å²) in [5.41, 5.74) is 0.622. The van der Waals surface area contributed by atoms with Crippen molar-refractivity contribution in [1.29, 1.82) is 0 Å². The van der Waals surface area contributed by atoms with E-state index >= 15 is 0 Å². The zero-order chi connectivity index (χ0) is 19.8. The highest BCUT2D eigenvalue weighted by molar-refractivity contribution is 7.89. The number of rotatable bonds is 4. The summed E-state index contributed by atoms with van der Waals surface area (Å²) in [5.74, 6) is -0.0515. The predicted molar refractivity (Wildman–Crippen MR) is 106 cm³/mol. The van der Waals surface area contributed by atoms with E-state index in [1.54, 1.807) is 28.2 Å². The van der Waals surface area contributed by atoms with Gasteiger partial charge in [-0.1, -0.05) is 27.2 Å². The molecule has 2 aliphatic rings. The molecule has 0 radical (unpaired) electrons. The molecule has 7 heteroatoms. The zero-order valence-corrected chi connectivity index (χ0v) is 17.9. The van der Waals surface area contributed by atoms with Crippen LogP contribution < -0.4 is 0 Å². The molecule has 0 N–H and O–H groups in total. The first-order valence-electron chi connectivity index (χ1n) is 10.1. The Morgan fingerprint density at radius 3 is 2.41 bits per heavy atom. The summed E-state index contributed by atoms with van der Waals surface area (Å²) in [7, 11) is -1.76. The van der Waals surface area contributed by atoms with Crippen molar-refractivity contribution in [2.75, 3.05) is 19.6 Å². The first-order valence-corrected chi connectivity index (χ1v) is 11.5.